The first-order valence-electron chi connectivity index (χ1n) is 12.3. The van der Waals surface area contributed by atoms with Crippen LogP contribution in [-0.2, 0) is 0 Å². The fraction of sp³-hybridized carbons (Fsp3) is 0.0625. The Kier molecular flexibility index (Phi) is 4.40. The van der Waals surface area contributed by atoms with Gasteiger partial charge in [0.05, 0.1) is 0 Å². The van der Waals surface area contributed by atoms with Crippen LogP contribution in [0.1, 0.15) is 11.1 Å². The van der Waals surface area contributed by atoms with Crippen molar-refractivity contribution in [3.8, 4) is 0 Å². The van der Waals surface area contributed by atoms with Gasteiger partial charge in [-0.1, -0.05) is 78.9 Å². The molecule has 5 aromatic carbocycles. The Balaban J connectivity index is 1.62. The lowest BCUT2D eigenvalue weighted by Crippen LogP contribution is -2.61. The van der Waals surface area contributed by atoms with Crippen molar-refractivity contribution in [1.29, 1.82) is 0 Å². The van der Waals surface area contributed by atoms with E-state index in [0.717, 1.165) is 0 Å². The molecule has 2 nitrogen and oxygen atoms in total. The number of fused-ring (bicyclic) bond motifs is 4. The summed E-state index contributed by atoms with van der Waals surface area (Å²) in [4.78, 5) is 4.93. The maximum Gasteiger partial charge on any atom is 0.252 e. The highest BCUT2D eigenvalue weighted by molar-refractivity contribution is 7.00. The molecule has 0 atom stereocenters. The molecule has 0 unspecified atom stereocenters. The molecule has 0 N–H and O–H groups in total. The Bertz CT molecular complexity index is 1580. The van der Waals surface area contributed by atoms with Gasteiger partial charge in [0.15, 0.2) is 0 Å². The van der Waals surface area contributed by atoms with Crippen molar-refractivity contribution in [3.63, 3.8) is 0 Å². The van der Waals surface area contributed by atoms with Crippen LogP contribution in [0.15, 0.2) is 115 Å². The zero-order valence-corrected chi connectivity index (χ0v) is 19.9. The molecule has 7 rings (SSSR count). The first kappa shape index (κ1) is 20.2. The normalized spacial score (nSPS) is 13.3. The summed E-state index contributed by atoms with van der Waals surface area (Å²) in [6.07, 6.45) is 0. The molecule has 0 aromatic heterocycles. The molecule has 0 radical (unpaired) electrons. The first-order chi connectivity index (χ1) is 17.2. The largest absolute Gasteiger partial charge is 0.311 e. The van der Waals surface area contributed by atoms with Crippen LogP contribution in [0.2, 0.25) is 0 Å². The van der Waals surface area contributed by atoms with Crippen molar-refractivity contribution in [3.05, 3.63) is 126 Å². The first-order valence-corrected chi connectivity index (χ1v) is 12.3. The molecule has 0 fully saturated rings. The summed E-state index contributed by atoms with van der Waals surface area (Å²) >= 11 is 0. The third kappa shape index (κ3) is 2.85. The Labute approximate surface area is 207 Å². The van der Waals surface area contributed by atoms with Crippen LogP contribution >= 0.6 is 0 Å². The molecular formula is C32H25BN2. The summed E-state index contributed by atoms with van der Waals surface area (Å²) in [6, 6.07) is 41.9. The molecule has 0 spiro atoms. The number of para-hydroxylation sites is 4. The number of anilines is 6. The molecule has 35 heavy (non-hydrogen) atoms. The second-order valence-electron chi connectivity index (χ2n) is 9.51. The maximum atomic E-state index is 2.49. The minimum atomic E-state index is 0.186. The van der Waals surface area contributed by atoms with Crippen molar-refractivity contribution in [2.75, 3.05) is 9.80 Å². The lowest BCUT2D eigenvalue weighted by molar-refractivity contribution is 1.21. The molecule has 3 heteroatoms. The van der Waals surface area contributed by atoms with Gasteiger partial charge in [-0.3, -0.25) is 0 Å². The maximum absolute atomic E-state index is 2.49. The quantitative estimate of drug-likeness (QED) is 0.283. The van der Waals surface area contributed by atoms with Gasteiger partial charge in [0.2, 0.25) is 0 Å². The summed E-state index contributed by atoms with van der Waals surface area (Å²) in [5.41, 5.74) is 14.2. The van der Waals surface area contributed by atoms with Gasteiger partial charge in [0, 0.05) is 34.1 Å². The lowest BCUT2D eigenvalue weighted by Gasteiger charge is -2.45. The molecule has 0 aliphatic carbocycles. The minimum Gasteiger partial charge on any atom is -0.311 e. The Hall–Kier alpha value is -4.24. The van der Waals surface area contributed by atoms with Crippen LogP contribution in [0.4, 0.5) is 34.1 Å². The zero-order chi connectivity index (χ0) is 23.5. The van der Waals surface area contributed by atoms with Gasteiger partial charge < -0.3 is 9.80 Å². The monoisotopic (exact) mass is 448 g/mol. The molecule has 166 valence electrons. The van der Waals surface area contributed by atoms with E-state index in [-0.39, 0.29) is 6.71 Å². The van der Waals surface area contributed by atoms with Crippen molar-refractivity contribution in [2.45, 2.75) is 13.8 Å². The van der Waals surface area contributed by atoms with Gasteiger partial charge in [0.25, 0.3) is 6.71 Å². The van der Waals surface area contributed by atoms with Crippen LogP contribution in [-0.4, -0.2) is 6.71 Å². The second-order valence-corrected chi connectivity index (χ2v) is 9.51. The van der Waals surface area contributed by atoms with Crippen molar-refractivity contribution in [2.24, 2.45) is 0 Å². The Morgan fingerprint density at radius 3 is 1.80 bits per heavy atom. The highest BCUT2D eigenvalue weighted by Gasteiger charge is 2.43. The van der Waals surface area contributed by atoms with Gasteiger partial charge >= 0.3 is 0 Å². The van der Waals surface area contributed by atoms with Crippen LogP contribution in [0.25, 0.3) is 0 Å². The fourth-order valence-electron chi connectivity index (χ4n) is 6.05. The predicted molar refractivity (Wildman–Crippen MR) is 150 cm³/mol. The van der Waals surface area contributed by atoms with Gasteiger partial charge in [-0.25, -0.2) is 0 Å². The highest BCUT2D eigenvalue weighted by atomic mass is 15.2. The number of hydrogen-bond donors (Lipinski definition) is 0. The molecule has 0 saturated carbocycles. The van der Waals surface area contributed by atoms with Crippen molar-refractivity contribution < 1.29 is 0 Å². The average Bonchev–Trinajstić information content (AvgIpc) is 2.91. The van der Waals surface area contributed by atoms with Crippen LogP contribution in [0.3, 0.4) is 0 Å². The number of rotatable bonds is 2. The molecule has 2 heterocycles. The molecule has 5 aromatic rings. The molecule has 0 saturated heterocycles. The standard InChI is InChI=1S/C32H25BN2/c1-22-12-11-18-27-31(22)35(25-15-7-4-8-16-25)32-23(2)20-21-29-30(32)33(27)26-17-9-10-19-28(26)34(29)24-13-5-3-6-14-24/h3-21H,1-2H3. The third-order valence-corrected chi connectivity index (χ3v) is 7.47. The van der Waals surface area contributed by atoms with E-state index in [1.165, 1.54) is 61.6 Å². The summed E-state index contributed by atoms with van der Waals surface area (Å²) < 4.78 is 0. The lowest BCUT2D eigenvalue weighted by atomic mass is 9.33. The van der Waals surface area contributed by atoms with Crippen LogP contribution in [0.5, 0.6) is 0 Å². The van der Waals surface area contributed by atoms with Crippen molar-refractivity contribution in [1.82, 2.24) is 0 Å². The Morgan fingerprint density at radius 2 is 1.06 bits per heavy atom. The number of benzene rings is 5. The third-order valence-electron chi connectivity index (χ3n) is 7.47. The number of hydrogen-bond acceptors (Lipinski definition) is 2. The fourth-order valence-corrected chi connectivity index (χ4v) is 6.05. The SMILES string of the molecule is Cc1cccc2c1N(c1ccccc1)c1c(C)ccc3c1B2c1ccccc1N3c1ccccc1. The summed E-state index contributed by atoms with van der Waals surface area (Å²) in [5, 5.41) is 0. The molecular weight excluding hydrogens is 423 g/mol. The molecule has 2 aliphatic heterocycles. The van der Waals surface area contributed by atoms with Gasteiger partial charge in [-0.2, -0.15) is 0 Å². The molecule has 0 bridgehead atoms. The van der Waals surface area contributed by atoms with Gasteiger partial charge in [0.1, 0.15) is 0 Å². The van der Waals surface area contributed by atoms with Crippen molar-refractivity contribution >= 4 is 57.2 Å². The van der Waals surface area contributed by atoms with Crippen LogP contribution < -0.4 is 26.2 Å². The molecule has 2 aliphatic rings. The average molecular weight is 448 g/mol. The zero-order valence-electron chi connectivity index (χ0n) is 19.9. The van der Waals surface area contributed by atoms with E-state index in [2.05, 4.69) is 139 Å². The summed E-state index contributed by atoms with van der Waals surface area (Å²) in [6.45, 7) is 4.68. The van der Waals surface area contributed by atoms with Crippen LogP contribution in [0, 0.1) is 13.8 Å². The van der Waals surface area contributed by atoms with E-state index >= 15 is 0 Å². The molecule has 0 amide bonds. The van der Waals surface area contributed by atoms with E-state index in [0.29, 0.717) is 0 Å². The smallest absolute Gasteiger partial charge is 0.252 e. The minimum absolute atomic E-state index is 0.186. The van der Waals surface area contributed by atoms with E-state index in [1.54, 1.807) is 0 Å². The van der Waals surface area contributed by atoms with E-state index in [9.17, 15) is 0 Å². The van der Waals surface area contributed by atoms with E-state index < -0.39 is 0 Å². The highest BCUT2D eigenvalue weighted by Crippen LogP contribution is 2.45. The summed E-state index contributed by atoms with van der Waals surface area (Å²) in [5.74, 6) is 0. The van der Waals surface area contributed by atoms with E-state index in [4.69, 9.17) is 0 Å². The topological polar surface area (TPSA) is 6.48 Å². The number of nitrogens with zero attached hydrogens (tertiary/aromatic N) is 2. The second kappa shape index (κ2) is 7.64. The summed E-state index contributed by atoms with van der Waals surface area (Å²) in [7, 11) is 0. The number of aryl methyl sites for hydroxylation is 2. The van der Waals surface area contributed by atoms with Gasteiger partial charge in [-0.15, -0.1) is 0 Å². The predicted octanol–water partition coefficient (Wildman–Crippen LogP) is 6.39. The van der Waals surface area contributed by atoms with Gasteiger partial charge in [-0.05, 0) is 77.8 Å². The van der Waals surface area contributed by atoms with E-state index in [1.807, 2.05) is 0 Å². The Morgan fingerprint density at radius 1 is 0.457 bits per heavy atom.